The molecule has 0 saturated heterocycles. The molecule has 0 amide bonds. The molecule has 0 bridgehead atoms. The first-order valence-electron chi connectivity index (χ1n) is 5.23. The van der Waals surface area contributed by atoms with Crippen LogP contribution in [0.1, 0.15) is 30.9 Å². The maximum absolute atomic E-state index is 5.42. The molecule has 1 aromatic carbocycles. The largest absolute Gasteiger partial charge is 0.467 e. The van der Waals surface area contributed by atoms with Crippen molar-refractivity contribution in [3.63, 3.8) is 0 Å². The molecule has 14 heavy (non-hydrogen) atoms. The van der Waals surface area contributed by atoms with Crippen LogP contribution < -0.4 is 4.74 Å². The highest BCUT2D eigenvalue weighted by molar-refractivity contribution is 5.40. The van der Waals surface area contributed by atoms with E-state index in [1.165, 1.54) is 24.0 Å². The summed E-state index contributed by atoms with van der Waals surface area (Å²) < 4.78 is 10.7. The normalized spacial score (nSPS) is 14.6. The molecule has 0 aromatic heterocycles. The Balaban J connectivity index is 2.21. The van der Waals surface area contributed by atoms with E-state index >= 15 is 0 Å². The van der Waals surface area contributed by atoms with Gasteiger partial charge < -0.3 is 9.47 Å². The fourth-order valence-electron chi connectivity index (χ4n) is 1.76. The Morgan fingerprint density at radius 2 is 2.29 bits per heavy atom. The predicted molar refractivity (Wildman–Crippen MR) is 55.3 cm³/mol. The van der Waals surface area contributed by atoms with Crippen molar-refractivity contribution >= 4 is 0 Å². The summed E-state index contributed by atoms with van der Waals surface area (Å²) in [4.78, 5) is 0. The molecule has 76 valence electrons. The maximum atomic E-state index is 5.42. The number of unbranched alkanes of at least 4 members (excludes halogenated alkanes) is 1. The van der Waals surface area contributed by atoms with Gasteiger partial charge >= 0.3 is 0 Å². The van der Waals surface area contributed by atoms with Gasteiger partial charge in [-0.3, -0.25) is 0 Å². The van der Waals surface area contributed by atoms with Crippen molar-refractivity contribution in [2.75, 3.05) is 6.79 Å². The molecule has 0 spiro atoms. The van der Waals surface area contributed by atoms with Crippen LogP contribution in [0, 0.1) is 0 Å². The zero-order chi connectivity index (χ0) is 9.80. The van der Waals surface area contributed by atoms with Crippen molar-refractivity contribution in [3.05, 3.63) is 29.3 Å². The van der Waals surface area contributed by atoms with Gasteiger partial charge in [-0.05, 0) is 24.5 Å². The van der Waals surface area contributed by atoms with Crippen molar-refractivity contribution in [3.8, 4) is 5.75 Å². The second kappa shape index (κ2) is 4.47. The molecule has 2 nitrogen and oxygen atoms in total. The minimum Gasteiger partial charge on any atom is -0.467 e. The summed E-state index contributed by atoms with van der Waals surface area (Å²) in [6.45, 7) is 3.31. The Hall–Kier alpha value is -1.02. The third kappa shape index (κ3) is 1.90. The third-order valence-electron chi connectivity index (χ3n) is 2.57. The van der Waals surface area contributed by atoms with Gasteiger partial charge in [0.15, 0.2) is 6.79 Å². The summed E-state index contributed by atoms with van der Waals surface area (Å²) in [5.74, 6) is 1.00. The Bertz CT molecular complexity index is 307. The number of rotatable bonds is 3. The average Bonchev–Trinajstić information content (AvgIpc) is 2.26. The number of hydrogen-bond acceptors (Lipinski definition) is 2. The Kier molecular flexibility index (Phi) is 3.04. The van der Waals surface area contributed by atoms with Crippen LogP contribution in [0.2, 0.25) is 0 Å². The summed E-state index contributed by atoms with van der Waals surface area (Å²) in [5.41, 5.74) is 2.62. The first-order chi connectivity index (χ1) is 6.92. The quantitative estimate of drug-likeness (QED) is 0.733. The molecule has 1 heterocycles. The third-order valence-corrected chi connectivity index (χ3v) is 2.57. The Morgan fingerprint density at radius 1 is 1.36 bits per heavy atom. The lowest BCUT2D eigenvalue weighted by Gasteiger charge is -2.20. The molecule has 1 aliphatic rings. The van der Waals surface area contributed by atoms with Crippen molar-refractivity contribution in [1.82, 2.24) is 0 Å². The van der Waals surface area contributed by atoms with Gasteiger partial charge in [-0.25, -0.2) is 0 Å². The van der Waals surface area contributed by atoms with Gasteiger partial charge in [-0.15, -0.1) is 0 Å². The molecule has 0 atom stereocenters. The predicted octanol–water partition coefficient (Wildman–Crippen LogP) is 2.90. The molecule has 2 heteroatoms. The SMILES string of the molecule is CCCCc1cccc2c1COCO2. The molecule has 1 aromatic rings. The number of ether oxygens (including phenoxy) is 2. The fraction of sp³-hybridized carbons (Fsp3) is 0.500. The van der Waals surface area contributed by atoms with Crippen molar-refractivity contribution in [2.45, 2.75) is 32.8 Å². The van der Waals surface area contributed by atoms with E-state index in [4.69, 9.17) is 9.47 Å². The van der Waals surface area contributed by atoms with Crippen LogP contribution in [-0.2, 0) is 17.8 Å². The topological polar surface area (TPSA) is 18.5 Å². The lowest BCUT2D eigenvalue weighted by Crippen LogP contribution is -2.13. The first-order valence-corrected chi connectivity index (χ1v) is 5.23. The van der Waals surface area contributed by atoms with Gasteiger partial charge in [0, 0.05) is 5.56 Å². The molecular formula is C12H16O2. The monoisotopic (exact) mass is 192 g/mol. The van der Waals surface area contributed by atoms with E-state index in [0.717, 1.165) is 12.2 Å². The highest BCUT2D eigenvalue weighted by Crippen LogP contribution is 2.27. The van der Waals surface area contributed by atoms with Gasteiger partial charge in [0.25, 0.3) is 0 Å². The zero-order valence-corrected chi connectivity index (χ0v) is 8.58. The standard InChI is InChI=1S/C12H16O2/c1-2-3-5-10-6-4-7-12-11(10)8-13-9-14-12/h4,6-7H,2-3,5,8-9H2,1H3. The average molecular weight is 192 g/mol. The molecule has 0 unspecified atom stereocenters. The molecule has 0 fully saturated rings. The number of fused-ring (bicyclic) bond motifs is 1. The van der Waals surface area contributed by atoms with E-state index in [1.807, 2.05) is 6.07 Å². The van der Waals surface area contributed by atoms with Gasteiger partial charge in [-0.2, -0.15) is 0 Å². The van der Waals surface area contributed by atoms with E-state index < -0.39 is 0 Å². The van der Waals surface area contributed by atoms with Gasteiger partial charge in [0.1, 0.15) is 5.75 Å². The van der Waals surface area contributed by atoms with Crippen LogP contribution >= 0.6 is 0 Å². The Morgan fingerprint density at radius 3 is 3.14 bits per heavy atom. The zero-order valence-electron chi connectivity index (χ0n) is 8.58. The summed E-state index contributed by atoms with van der Waals surface area (Å²) in [6.07, 6.45) is 3.59. The van der Waals surface area contributed by atoms with Crippen LogP contribution in [0.5, 0.6) is 5.75 Å². The molecular weight excluding hydrogens is 176 g/mol. The lowest BCUT2D eigenvalue weighted by molar-refractivity contribution is -0.0168. The van der Waals surface area contributed by atoms with Crippen molar-refractivity contribution in [2.24, 2.45) is 0 Å². The van der Waals surface area contributed by atoms with E-state index in [1.54, 1.807) is 0 Å². The minimum atomic E-state index is 0.393. The highest BCUT2D eigenvalue weighted by atomic mass is 16.7. The van der Waals surface area contributed by atoms with E-state index in [2.05, 4.69) is 19.1 Å². The fourth-order valence-corrected chi connectivity index (χ4v) is 1.76. The molecule has 0 N–H and O–H groups in total. The van der Waals surface area contributed by atoms with Crippen molar-refractivity contribution < 1.29 is 9.47 Å². The van der Waals surface area contributed by atoms with E-state index in [-0.39, 0.29) is 0 Å². The molecule has 1 aliphatic heterocycles. The second-order valence-electron chi connectivity index (χ2n) is 3.61. The van der Waals surface area contributed by atoms with E-state index in [9.17, 15) is 0 Å². The van der Waals surface area contributed by atoms with Gasteiger partial charge in [0.2, 0.25) is 0 Å². The van der Waals surface area contributed by atoms with Crippen molar-refractivity contribution in [1.29, 1.82) is 0 Å². The summed E-state index contributed by atoms with van der Waals surface area (Å²) in [6, 6.07) is 6.26. The molecule has 0 radical (unpaired) electrons. The minimum absolute atomic E-state index is 0.393. The highest BCUT2D eigenvalue weighted by Gasteiger charge is 2.13. The van der Waals surface area contributed by atoms with Crippen LogP contribution in [0.25, 0.3) is 0 Å². The van der Waals surface area contributed by atoms with E-state index in [0.29, 0.717) is 13.4 Å². The van der Waals surface area contributed by atoms with Crippen LogP contribution in [0.15, 0.2) is 18.2 Å². The van der Waals surface area contributed by atoms with Gasteiger partial charge in [0.05, 0.1) is 6.61 Å². The molecule has 0 aliphatic carbocycles. The molecule has 0 saturated carbocycles. The number of hydrogen-bond donors (Lipinski definition) is 0. The smallest absolute Gasteiger partial charge is 0.189 e. The summed E-state index contributed by atoms with van der Waals surface area (Å²) in [7, 11) is 0. The van der Waals surface area contributed by atoms with Crippen LogP contribution in [0.3, 0.4) is 0 Å². The van der Waals surface area contributed by atoms with Gasteiger partial charge in [-0.1, -0.05) is 25.5 Å². The van der Waals surface area contributed by atoms with Crippen LogP contribution in [-0.4, -0.2) is 6.79 Å². The first kappa shape index (κ1) is 9.53. The van der Waals surface area contributed by atoms with Crippen LogP contribution in [0.4, 0.5) is 0 Å². The Labute approximate surface area is 84.8 Å². The molecule has 2 rings (SSSR count). The number of benzene rings is 1. The maximum Gasteiger partial charge on any atom is 0.189 e. The summed E-state index contributed by atoms with van der Waals surface area (Å²) >= 11 is 0. The summed E-state index contributed by atoms with van der Waals surface area (Å²) in [5, 5.41) is 0. The number of aryl methyl sites for hydroxylation is 1. The lowest BCUT2D eigenvalue weighted by atomic mass is 10.0. The second-order valence-corrected chi connectivity index (χ2v) is 3.61.